The standard InChI is InChI=1S/C18H21N3/c1-21(2)14-9-7-13(8-10-14)16(11-19)17-12-20-18-6-4-3-5-15(17)18/h3-10,12,16,20H,11,19H2,1-2H3/p+1/t16-/m1/s1. The number of H-pyrrole nitrogens is 1. The molecule has 0 saturated carbocycles. The quantitative estimate of drug-likeness (QED) is 0.758. The maximum atomic E-state index is 4.16. The molecule has 21 heavy (non-hydrogen) atoms. The second-order valence-electron chi connectivity index (χ2n) is 5.62. The van der Waals surface area contributed by atoms with Crippen LogP contribution in [-0.4, -0.2) is 25.6 Å². The Hall–Kier alpha value is -2.26. The van der Waals surface area contributed by atoms with E-state index in [-0.39, 0.29) is 0 Å². The van der Waals surface area contributed by atoms with E-state index in [9.17, 15) is 0 Å². The van der Waals surface area contributed by atoms with E-state index in [1.807, 2.05) is 0 Å². The molecule has 0 amide bonds. The Kier molecular flexibility index (Phi) is 3.67. The van der Waals surface area contributed by atoms with E-state index in [0.29, 0.717) is 5.92 Å². The van der Waals surface area contributed by atoms with Gasteiger partial charge in [0, 0.05) is 36.9 Å². The minimum absolute atomic E-state index is 0.331. The van der Waals surface area contributed by atoms with Crippen LogP contribution in [0.3, 0.4) is 0 Å². The third-order valence-corrected chi connectivity index (χ3v) is 4.10. The van der Waals surface area contributed by atoms with E-state index in [1.165, 1.54) is 27.7 Å². The van der Waals surface area contributed by atoms with Crippen molar-refractivity contribution in [3.05, 3.63) is 65.9 Å². The summed E-state index contributed by atoms with van der Waals surface area (Å²) in [7, 11) is 4.13. The molecule has 0 saturated heterocycles. The summed E-state index contributed by atoms with van der Waals surface area (Å²) in [5.41, 5.74) is 9.22. The number of hydrogen-bond acceptors (Lipinski definition) is 1. The lowest BCUT2D eigenvalue weighted by Gasteiger charge is -2.16. The minimum atomic E-state index is 0.331. The third kappa shape index (κ3) is 2.52. The highest BCUT2D eigenvalue weighted by Crippen LogP contribution is 2.30. The third-order valence-electron chi connectivity index (χ3n) is 4.10. The molecule has 0 bridgehead atoms. The number of quaternary nitrogens is 1. The molecule has 108 valence electrons. The molecular weight excluding hydrogens is 258 g/mol. The van der Waals surface area contributed by atoms with Crippen molar-refractivity contribution in [3.63, 3.8) is 0 Å². The van der Waals surface area contributed by atoms with Crippen LogP contribution in [0.5, 0.6) is 0 Å². The molecular formula is C18H22N3+. The van der Waals surface area contributed by atoms with Crippen LogP contribution in [0.25, 0.3) is 10.9 Å². The fraction of sp³-hybridized carbons (Fsp3) is 0.222. The first-order valence-corrected chi connectivity index (χ1v) is 7.33. The minimum Gasteiger partial charge on any atom is -0.378 e. The molecule has 0 unspecified atom stereocenters. The van der Waals surface area contributed by atoms with Crippen molar-refractivity contribution in [2.45, 2.75) is 5.92 Å². The lowest BCUT2D eigenvalue weighted by atomic mass is 9.91. The normalized spacial score (nSPS) is 12.5. The first kappa shape index (κ1) is 13.7. The monoisotopic (exact) mass is 280 g/mol. The van der Waals surface area contributed by atoms with Crippen molar-refractivity contribution in [2.75, 3.05) is 25.5 Å². The Morgan fingerprint density at radius 2 is 1.76 bits per heavy atom. The molecule has 0 spiro atoms. The zero-order valence-corrected chi connectivity index (χ0v) is 12.6. The number of hydrogen-bond donors (Lipinski definition) is 2. The predicted molar refractivity (Wildman–Crippen MR) is 88.7 cm³/mol. The molecule has 0 radical (unpaired) electrons. The molecule has 3 nitrogen and oxygen atoms in total. The van der Waals surface area contributed by atoms with E-state index in [2.05, 4.69) is 84.4 Å². The number of aromatic nitrogens is 1. The smallest absolute Gasteiger partial charge is 0.0851 e. The Balaban J connectivity index is 2.01. The summed E-state index contributed by atoms with van der Waals surface area (Å²) >= 11 is 0. The summed E-state index contributed by atoms with van der Waals surface area (Å²) in [6.45, 7) is 0.850. The van der Waals surface area contributed by atoms with Crippen LogP contribution in [-0.2, 0) is 0 Å². The topological polar surface area (TPSA) is 46.7 Å². The lowest BCUT2D eigenvalue weighted by molar-refractivity contribution is -0.370. The molecule has 3 aromatic rings. The van der Waals surface area contributed by atoms with E-state index < -0.39 is 0 Å². The van der Waals surface area contributed by atoms with Crippen molar-refractivity contribution < 1.29 is 5.73 Å². The average Bonchev–Trinajstić information content (AvgIpc) is 2.93. The van der Waals surface area contributed by atoms with Crippen LogP contribution in [0.4, 0.5) is 5.69 Å². The van der Waals surface area contributed by atoms with Crippen LogP contribution >= 0.6 is 0 Å². The summed E-state index contributed by atoms with van der Waals surface area (Å²) in [6.07, 6.45) is 2.13. The van der Waals surface area contributed by atoms with E-state index >= 15 is 0 Å². The van der Waals surface area contributed by atoms with Gasteiger partial charge in [-0.2, -0.15) is 0 Å². The fourth-order valence-corrected chi connectivity index (χ4v) is 2.89. The van der Waals surface area contributed by atoms with Gasteiger partial charge in [-0.3, -0.25) is 0 Å². The highest BCUT2D eigenvalue weighted by atomic mass is 15.1. The molecule has 0 aliphatic rings. The molecule has 0 fully saturated rings. The first-order chi connectivity index (χ1) is 10.2. The molecule has 0 aliphatic heterocycles. The van der Waals surface area contributed by atoms with Gasteiger partial charge in [-0.25, -0.2) is 0 Å². The zero-order chi connectivity index (χ0) is 14.8. The van der Waals surface area contributed by atoms with Crippen molar-refractivity contribution in [2.24, 2.45) is 0 Å². The van der Waals surface area contributed by atoms with Gasteiger partial charge < -0.3 is 15.6 Å². The van der Waals surface area contributed by atoms with E-state index in [0.717, 1.165) is 6.54 Å². The second kappa shape index (κ2) is 5.62. The molecule has 1 aromatic heterocycles. The fourth-order valence-electron chi connectivity index (χ4n) is 2.89. The zero-order valence-electron chi connectivity index (χ0n) is 12.6. The first-order valence-electron chi connectivity index (χ1n) is 7.33. The number of anilines is 1. The summed E-state index contributed by atoms with van der Waals surface area (Å²) in [6, 6.07) is 17.2. The van der Waals surface area contributed by atoms with Gasteiger partial charge in [0.1, 0.15) is 0 Å². The summed E-state index contributed by atoms with van der Waals surface area (Å²) in [4.78, 5) is 5.49. The van der Waals surface area contributed by atoms with Gasteiger partial charge in [-0.1, -0.05) is 30.3 Å². The number of nitrogens with one attached hydrogen (secondary N) is 1. The SMILES string of the molecule is CN(C)c1ccc([C@@H](C[NH3+])c2c[nH]c3ccccc23)cc1. The van der Waals surface area contributed by atoms with Gasteiger partial charge in [-0.05, 0) is 29.3 Å². The summed E-state index contributed by atoms with van der Waals surface area (Å²) < 4.78 is 0. The van der Waals surface area contributed by atoms with Crippen molar-refractivity contribution in [1.29, 1.82) is 0 Å². The van der Waals surface area contributed by atoms with Gasteiger partial charge in [0.15, 0.2) is 0 Å². The number of nitrogens with zero attached hydrogens (tertiary/aromatic N) is 1. The van der Waals surface area contributed by atoms with Gasteiger partial charge in [0.05, 0.1) is 12.5 Å². The maximum Gasteiger partial charge on any atom is 0.0851 e. The van der Waals surface area contributed by atoms with Crippen LogP contribution in [0.2, 0.25) is 0 Å². The molecule has 2 aromatic carbocycles. The maximum absolute atomic E-state index is 4.16. The Morgan fingerprint density at radius 1 is 1.05 bits per heavy atom. The molecule has 3 rings (SSSR count). The van der Waals surface area contributed by atoms with Gasteiger partial charge in [0.2, 0.25) is 0 Å². The van der Waals surface area contributed by atoms with Crippen LogP contribution < -0.4 is 10.6 Å². The van der Waals surface area contributed by atoms with Crippen molar-refractivity contribution in [1.82, 2.24) is 4.98 Å². The number of fused-ring (bicyclic) bond motifs is 1. The molecule has 1 heterocycles. The number of rotatable bonds is 4. The predicted octanol–water partition coefficient (Wildman–Crippen LogP) is 2.61. The van der Waals surface area contributed by atoms with Gasteiger partial charge >= 0.3 is 0 Å². The summed E-state index contributed by atoms with van der Waals surface area (Å²) in [5.74, 6) is 0.331. The lowest BCUT2D eigenvalue weighted by Crippen LogP contribution is -2.53. The van der Waals surface area contributed by atoms with Crippen molar-refractivity contribution in [3.8, 4) is 0 Å². The highest BCUT2D eigenvalue weighted by molar-refractivity contribution is 5.84. The van der Waals surface area contributed by atoms with E-state index in [4.69, 9.17) is 0 Å². The number of benzene rings is 2. The second-order valence-corrected chi connectivity index (χ2v) is 5.62. The number of aromatic amines is 1. The Morgan fingerprint density at radius 3 is 2.43 bits per heavy atom. The van der Waals surface area contributed by atoms with Crippen molar-refractivity contribution >= 4 is 16.6 Å². The van der Waals surface area contributed by atoms with Gasteiger partial charge in [0.25, 0.3) is 0 Å². The molecule has 3 heteroatoms. The Labute approximate surface area is 125 Å². The molecule has 4 N–H and O–H groups in total. The van der Waals surface area contributed by atoms with E-state index in [1.54, 1.807) is 0 Å². The van der Waals surface area contributed by atoms with Crippen LogP contribution in [0.1, 0.15) is 17.0 Å². The Bertz CT molecular complexity index is 726. The van der Waals surface area contributed by atoms with Gasteiger partial charge in [-0.15, -0.1) is 0 Å². The largest absolute Gasteiger partial charge is 0.378 e. The molecule has 1 atom stereocenters. The van der Waals surface area contributed by atoms with Crippen LogP contribution in [0, 0.1) is 0 Å². The average molecular weight is 280 g/mol. The number of para-hydroxylation sites is 1. The summed E-state index contributed by atoms with van der Waals surface area (Å²) in [5, 5.41) is 1.29. The van der Waals surface area contributed by atoms with Crippen LogP contribution in [0.15, 0.2) is 54.7 Å². The highest BCUT2D eigenvalue weighted by Gasteiger charge is 2.18. The molecule has 0 aliphatic carbocycles.